The molecule has 1 aliphatic rings. The van der Waals surface area contributed by atoms with Gasteiger partial charge in [0, 0.05) is 18.4 Å². The van der Waals surface area contributed by atoms with Crippen LogP contribution in [0.25, 0.3) is 0 Å². The van der Waals surface area contributed by atoms with Gasteiger partial charge in [0.2, 0.25) is 0 Å². The van der Waals surface area contributed by atoms with Crippen molar-refractivity contribution in [1.29, 1.82) is 0 Å². The minimum atomic E-state index is -0.117. The van der Waals surface area contributed by atoms with Gasteiger partial charge >= 0.3 is 6.03 Å². The van der Waals surface area contributed by atoms with Crippen LogP contribution in [0.4, 0.5) is 10.5 Å². The van der Waals surface area contributed by atoms with E-state index in [0.717, 1.165) is 22.7 Å². The number of amides is 2. The second-order valence-corrected chi connectivity index (χ2v) is 4.62. The van der Waals surface area contributed by atoms with Crippen LogP contribution in [-0.2, 0) is 13.1 Å². The Hall–Kier alpha value is -2.56. The highest BCUT2D eigenvalue weighted by Gasteiger charge is 2.23. The van der Waals surface area contributed by atoms with E-state index >= 15 is 0 Å². The summed E-state index contributed by atoms with van der Waals surface area (Å²) in [6.45, 7) is 1.16. The molecule has 1 aromatic heterocycles. The molecular weight excluding hydrogens is 254 g/mol. The third-order valence-electron chi connectivity index (χ3n) is 3.31. The number of aromatic nitrogens is 1. The number of hydrogen-bond donors (Lipinski definition) is 1. The number of ether oxygens (including phenoxy) is 1. The summed E-state index contributed by atoms with van der Waals surface area (Å²) in [6, 6.07) is 11.0. The molecule has 0 saturated heterocycles. The summed E-state index contributed by atoms with van der Waals surface area (Å²) in [5.41, 5.74) is 2.83. The standard InChI is InChI=1S/C15H15N3O2/c1-20-13-6-4-12(5-7-13)17-15(19)18-9-11-3-2-8-16-14(11)10-18/h2-8H,9-10H2,1H3,(H,17,19). The molecule has 0 radical (unpaired) electrons. The predicted molar refractivity (Wildman–Crippen MR) is 75.5 cm³/mol. The molecule has 0 spiro atoms. The van der Waals surface area contributed by atoms with E-state index in [-0.39, 0.29) is 6.03 Å². The molecule has 0 saturated carbocycles. The minimum absolute atomic E-state index is 0.117. The zero-order valence-electron chi connectivity index (χ0n) is 11.2. The Kier molecular flexibility index (Phi) is 3.25. The van der Waals surface area contributed by atoms with Gasteiger partial charge in [-0.2, -0.15) is 0 Å². The maximum absolute atomic E-state index is 12.2. The van der Waals surface area contributed by atoms with Crippen molar-refractivity contribution in [3.8, 4) is 5.75 Å². The van der Waals surface area contributed by atoms with E-state index in [1.54, 1.807) is 18.2 Å². The first-order valence-corrected chi connectivity index (χ1v) is 6.39. The fraction of sp³-hybridized carbons (Fsp3) is 0.200. The lowest BCUT2D eigenvalue weighted by Gasteiger charge is -2.16. The van der Waals surface area contributed by atoms with Gasteiger partial charge in [0.15, 0.2) is 0 Å². The van der Waals surface area contributed by atoms with Crippen LogP contribution in [0.5, 0.6) is 5.75 Å². The van der Waals surface area contributed by atoms with E-state index in [1.165, 1.54) is 0 Å². The molecular formula is C15H15N3O2. The average molecular weight is 269 g/mol. The maximum atomic E-state index is 12.2. The van der Waals surface area contributed by atoms with Crippen LogP contribution in [0, 0.1) is 0 Å². The lowest BCUT2D eigenvalue weighted by molar-refractivity contribution is 0.212. The fourth-order valence-corrected chi connectivity index (χ4v) is 2.22. The summed E-state index contributed by atoms with van der Waals surface area (Å²) in [6.07, 6.45) is 1.75. The highest BCUT2D eigenvalue weighted by Crippen LogP contribution is 2.21. The summed E-state index contributed by atoms with van der Waals surface area (Å²) in [4.78, 5) is 18.2. The number of nitrogens with one attached hydrogen (secondary N) is 1. The highest BCUT2D eigenvalue weighted by atomic mass is 16.5. The van der Waals surface area contributed by atoms with Crippen molar-refractivity contribution < 1.29 is 9.53 Å². The SMILES string of the molecule is COc1ccc(NC(=O)N2Cc3cccnc3C2)cc1. The Morgan fingerprint density at radius 1 is 1.25 bits per heavy atom. The van der Waals surface area contributed by atoms with Gasteiger partial charge in [-0.3, -0.25) is 4.98 Å². The Balaban J connectivity index is 1.66. The molecule has 5 nitrogen and oxygen atoms in total. The van der Waals surface area contributed by atoms with E-state index in [9.17, 15) is 4.79 Å². The zero-order chi connectivity index (χ0) is 13.9. The number of carbonyl (C=O) groups is 1. The summed E-state index contributed by atoms with van der Waals surface area (Å²) in [5, 5.41) is 2.87. The van der Waals surface area contributed by atoms with E-state index in [4.69, 9.17) is 4.74 Å². The monoisotopic (exact) mass is 269 g/mol. The Labute approximate surface area is 117 Å². The van der Waals surface area contributed by atoms with Crippen LogP contribution in [-0.4, -0.2) is 23.0 Å². The smallest absolute Gasteiger partial charge is 0.322 e. The molecule has 0 bridgehead atoms. The van der Waals surface area contributed by atoms with Crippen molar-refractivity contribution >= 4 is 11.7 Å². The number of carbonyl (C=O) groups excluding carboxylic acids is 1. The molecule has 1 aromatic carbocycles. The third-order valence-corrected chi connectivity index (χ3v) is 3.31. The van der Waals surface area contributed by atoms with Gasteiger partial charge in [-0.1, -0.05) is 6.07 Å². The van der Waals surface area contributed by atoms with Crippen molar-refractivity contribution in [2.24, 2.45) is 0 Å². The van der Waals surface area contributed by atoms with Gasteiger partial charge in [-0.25, -0.2) is 4.79 Å². The maximum Gasteiger partial charge on any atom is 0.322 e. The molecule has 1 N–H and O–H groups in total. The van der Waals surface area contributed by atoms with E-state index in [2.05, 4.69) is 10.3 Å². The number of rotatable bonds is 2. The highest BCUT2D eigenvalue weighted by molar-refractivity contribution is 5.89. The van der Waals surface area contributed by atoms with Crippen molar-refractivity contribution in [3.05, 3.63) is 53.9 Å². The number of urea groups is 1. The number of pyridine rings is 1. The largest absolute Gasteiger partial charge is 0.497 e. The van der Waals surface area contributed by atoms with Crippen molar-refractivity contribution in [3.63, 3.8) is 0 Å². The van der Waals surface area contributed by atoms with Crippen molar-refractivity contribution in [2.45, 2.75) is 13.1 Å². The Morgan fingerprint density at radius 3 is 2.75 bits per heavy atom. The van der Waals surface area contributed by atoms with Crippen LogP contribution >= 0.6 is 0 Å². The lowest BCUT2D eigenvalue weighted by atomic mass is 10.2. The molecule has 0 aliphatic carbocycles. The Morgan fingerprint density at radius 2 is 2.05 bits per heavy atom. The normalized spacial score (nSPS) is 12.9. The van der Waals surface area contributed by atoms with E-state index in [0.29, 0.717) is 13.1 Å². The minimum Gasteiger partial charge on any atom is -0.497 e. The quantitative estimate of drug-likeness (QED) is 0.911. The van der Waals surface area contributed by atoms with Crippen molar-refractivity contribution in [1.82, 2.24) is 9.88 Å². The third kappa shape index (κ3) is 2.42. The fourth-order valence-electron chi connectivity index (χ4n) is 2.22. The van der Waals surface area contributed by atoms with Crippen LogP contribution in [0.15, 0.2) is 42.6 Å². The molecule has 2 heterocycles. The van der Waals surface area contributed by atoms with Gasteiger partial charge in [0.05, 0.1) is 19.3 Å². The van der Waals surface area contributed by atoms with Crippen molar-refractivity contribution in [2.75, 3.05) is 12.4 Å². The van der Waals surface area contributed by atoms with Crippen LogP contribution in [0.2, 0.25) is 0 Å². The molecule has 1 aliphatic heterocycles. The molecule has 0 unspecified atom stereocenters. The molecule has 2 aromatic rings. The Bertz CT molecular complexity index is 600. The molecule has 0 fully saturated rings. The van der Waals surface area contributed by atoms with Gasteiger partial charge in [0.1, 0.15) is 5.75 Å². The molecule has 3 rings (SSSR count). The topological polar surface area (TPSA) is 54.5 Å². The molecule has 0 atom stereocenters. The van der Waals surface area contributed by atoms with E-state index < -0.39 is 0 Å². The second kappa shape index (κ2) is 5.21. The van der Waals surface area contributed by atoms with E-state index in [1.807, 2.05) is 36.4 Å². The first-order valence-electron chi connectivity index (χ1n) is 6.39. The van der Waals surface area contributed by atoms with Crippen LogP contribution in [0.1, 0.15) is 11.3 Å². The number of nitrogens with zero attached hydrogens (tertiary/aromatic N) is 2. The number of anilines is 1. The first-order chi connectivity index (χ1) is 9.76. The number of fused-ring (bicyclic) bond motifs is 1. The van der Waals surface area contributed by atoms with Gasteiger partial charge in [-0.05, 0) is 35.9 Å². The molecule has 102 valence electrons. The first kappa shape index (κ1) is 12.5. The predicted octanol–water partition coefficient (Wildman–Crippen LogP) is 2.64. The summed E-state index contributed by atoms with van der Waals surface area (Å²) in [7, 11) is 1.61. The number of methoxy groups -OCH3 is 1. The number of benzene rings is 1. The van der Waals surface area contributed by atoms with Crippen LogP contribution in [0.3, 0.4) is 0 Å². The summed E-state index contributed by atoms with van der Waals surface area (Å²) < 4.78 is 5.08. The molecule has 5 heteroatoms. The van der Waals surface area contributed by atoms with Gasteiger partial charge in [0.25, 0.3) is 0 Å². The summed E-state index contributed by atoms with van der Waals surface area (Å²) >= 11 is 0. The van der Waals surface area contributed by atoms with Crippen LogP contribution < -0.4 is 10.1 Å². The van der Waals surface area contributed by atoms with Gasteiger partial charge in [-0.15, -0.1) is 0 Å². The summed E-state index contributed by atoms with van der Waals surface area (Å²) in [5.74, 6) is 0.765. The molecule has 20 heavy (non-hydrogen) atoms. The molecule has 2 amide bonds. The average Bonchev–Trinajstić information content (AvgIpc) is 2.92. The zero-order valence-corrected chi connectivity index (χ0v) is 11.2. The second-order valence-electron chi connectivity index (χ2n) is 4.62. The number of hydrogen-bond acceptors (Lipinski definition) is 3. The lowest BCUT2D eigenvalue weighted by Crippen LogP contribution is -2.30. The van der Waals surface area contributed by atoms with Gasteiger partial charge < -0.3 is 15.0 Å².